The lowest BCUT2D eigenvalue weighted by Gasteiger charge is -2.13. The van der Waals surface area contributed by atoms with Crippen molar-refractivity contribution in [2.75, 3.05) is 18.9 Å². The third-order valence-electron chi connectivity index (χ3n) is 3.29. The SMILES string of the molecule is CCN(C)C=Nc1cc(C)cc(Nc2ccc(Cl)cc2F)c1Cl. The van der Waals surface area contributed by atoms with Gasteiger partial charge in [-0.1, -0.05) is 23.2 Å². The highest BCUT2D eigenvalue weighted by Crippen LogP contribution is 2.36. The van der Waals surface area contributed by atoms with Crippen LogP contribution in [0.25, 0.3) is 0 Å². The van der Waals surface area contributed by atoms with Gasteiger partial charge in [-0.05, 0) is 49.7 Å². The van der Waals surface area contributed by atoms with Crippen LogP contribution in [-0.4, -0.2) is 24.8 Å². The summed E-state index contributed by atoms with van der Waals surface area (Å²) in [6.07, 6.45) is 1.72. The van der Waals surface area contributed by atoms with E-state index < -0.39 is 5.82 Å². The lowest BCUT2D eigenvalue weighted by Crippen LogP contribution is -2.14. The van der Waals surface area contributed by atoms with Gasteiger partial charge in [0.25, 0.3) is 0 Å². The van der Waals surface area contributed by atoms with Crippen molar-refractivity contribution in [3.8, 4) is 0 Å². The molecular formula is C17H18Cl2FN3. The van der Waals surface area contributed by atoms with Gasteiger partial charge in [0.15, 0.2) is 0 Å². The summed E-state index contributed by atoms with van der Waals surface area (Å²) in [5.41, 5.74) is 2.50. The number of aliphatic imine (C=N–C) groups is 1. The molecule has 0 unspecified atom stereocenters. The van der Waals surface area contributed by atoms with E-state index in [0.29, 0.717) is 27.1 Å². The van der Waals surface area contributed by atoms with Crippen LogP contribution in [0.4, 0.5) is 21.5 Å². The average Bonchev–Trinajstić information content (AvgIpc) is 2.51. The topological polar surface area (TPSA) is 27.6 Å². The Balaban J connectivity index is 2.35. The van der Waals surface area contributed by atoms with Crippen molar-refractivity contribution in [1.29, 1.82) is 0 Å². The van der Waals surface area contributed by atoms with E-state index in [4.69, 9.17) is 23.2 Å². The molecule has 2 aromatic rings. The lowest BCUT2D eigenvalue weighted by atomic mass is 10.2. The Morgan fingerprint density at radius 3 is 2.61 bits per heavy atom. The molecule has 2 rings (SSSR count). The van der Waals surface area contributed by atoms with Crippen molar-refractivity contribution in [1.82, 2.24) is 4.90 Å². The van der Waals surface area contributed by atoms with Crippen LogP contribution in [0.2, 0.25) is 10.0 Å². The van der Waals surface area contributed by atoms with Gasteiger partial charge >= 0.3 is 0 Å². The maximum atomic E-state index is 13.9. The van der Waals surface area contributed by atoms with Gasteiger partial charge in [0, 0.05) is 18.6 Å². The van der Waals surface area contributed by atoms with E-state index in [1.165, 1.54) is 6.07 Å². The fourth-order valence-corrected chi connectivity index (χ4v) is 2.28. The highest BCUT2D eigenvalue weighted by atomic mass is 35.5. The fraction of sp³-hybridized carbons (Fsp3) is 0.235. The molecule has 0 saturated carbocycles. The number of hydrogen-bond donors (Lipinski definition) is 1. The highest BCUT2D eigenvalue weighted by molar-refractivity contribution is 6.36. The molecule has 2 aromatic carbocycles. The van der Waals surface area contributed by atoms with Gasteiger partial charge in [0.2, 0.25) is 0 Å². The van der Waals surface area contributed by atoms with Crippen LogP contribution in [0.5, 0.6) is 0 Å². The molecule has 0 fully saturated rings. The van der Waals surface area contributed by atoms with E-state index in [-0.39, 0.29) is 0 Å². The van der Waals surface area contributed by atoms with Gasteiger partial charge in [-0.3, -0.25) is 0 Å². The second kappa shape index (κ2) is 7.66. The van der Waals surface area contributed by atoms with Crippen molar-refractivity contribution in [3.63, 3.8) is 0 Å². The summed E-state index contributed by atoms with van der Waals surface area (Å²) >= 11 is 12.2. The molecule has 0 aliphatic rings. The number of aryl methyl sites for hydroxylation is 1. The molecule has 1 N–H and O–H groups in total. The molecular weight excluding hydrogens is 336 g/mol. The van der Waals surface area contributed by atoms with Crippen molar-refractivity contribution in [3.05, 3.63) is 51.8 Å². The molecule has 0 amide bonds. The van der Waals surface area contributed by atoms with E-state index >= 15 is 0 Å². The molecule has 0 spiro atoms. The Labute approximate surface area is 145 Å². The zero-order valence-electron chi connectivity index (χ0n) is 13.2. The third-order valence-corrected chi connectivity index (χ3v) is 3.92. The lowest BCUT2D eigenvalue weighted by molar-refractivity contribution is 0.552. The van der Waals surface area contributed by atoms with Gasteiger partial charge in [-0.15, -0.1) is 0 Å². The Morgan fingerprint density at radius 2 is 1.96 bits per heavy atom. The summed E-state index contributed by atoms with van der Waals surface area (Å²) in [4.78, 5) is 6.33. The zero-order chi connectivity index (χ0) is 17.0. The van der Waals surface area contributed by atoms with Crippen molar-refractivity contribution < 1.29 is 4.39 Å². The van der Waals surface area contributed by atoms with Crippen LogP contribution in [0.3, 0.4) is 0 Å². The molecule has 0 aromatic heterocycles. The first kappa shape index (κ1) is 17.6. The van der Waals surface area contributed by atoms with Crippen LogP contribution >= 0.6 is 23.2 Å². The molecule has 6 heteroatoms. The van der Waals surface area contributed by atoms with Crippen LogP contribution in [-0.2, 0) is 0 Å². The highest BCUT2D eigenvalue weighted by Gasteiger charge is 2.10. The van der Waals surface area contributed by atoms with Crippen molar-refractivity contribution in [2.45, 2.75) is 13.8 Å². The molecule has 0 saturated heterocycles. The molecule has 0 bridgehead atoms. The first-order chi connectivity index (χ1) is 10.9. The summed E-state index contributed by atoms with van der Waals surface area (Å²) < 4.78 is 13.9. The van der Waals surface area contributed by atoms with Crippen LogP contribution in [0.15, 0.2) is 35.3 Å². The van der Waals surface area contributed by atoms with Crippen LogP contribution in [0, 0.1) is 12.7 Å². The number of nitrogens with zero attached hydrogens (tertiary/aromatic N) is 2. The van der Waals surface area contributed by atoms with Gasteiger partial charge in [-0.2, -0.15) is 0 Å². The number of hydrogen-bond acceptors (Lipinski definition) is 2. The van der Waals surface area contributed by atoms with E-state index in [1.807, 2.05) is 37.9 Å². The maximum absolute atomic E-state index is 13.9. The monoisotopic (exact) mass is 353 g/mol. The summed E-state index contributed by atoms with van der Waals surface area (Å²) in [7, 11) is 1.93. The molecule has 0 atom stereocenters. The number of rotatable bonds is 5. The summed E-state index contributed by atoms with van der Waals surface area (Å²) in [6, 6.07) is 8.17. The van der Waals surface area contributed by atoms with Gasteiger partial charge in [0.05, 0.1) is 28.4 Å². The molecule has 0 aliphatic heterocycles. The van der Waals surface area contributed by atoms with Crippen LogP contribution in [0.1, 0.15) is 12.5 Å². The first-order valence-corrected chi connectivity index (χ1v) is 7.93. The Bertz CT molecular complexity index is 732. The van der Waals surface area contributed by atoms with E-state index in [9.17, 15) is 4.39 Å². The summed E-state index contributed by atoms with van der Waals surface area (Å²) in [5, 5.41) is 3.78. The Hall–Kier alpha value is -1.78. The predicted octanol–water partition coefficient (Wildman–Crippen LogP) is 5.80. The van der Waals surface area contributed by atoms with E-state index in [2.05, 4.69) is 10.3 Å². The molecule has 0 aliphatic carbocycles. The number of anilines is 2. The van der Waals surface area contributed by atoms with Crippen LogP contribution < -0.4 is 5.32 Å². The minimum absolute atomic E-state index is 0.308. The number of benzene rings is 2. The van der Waals surface area contributed by atoms with Gasteiger partial charge in [-0.25, -0.2) is 9.38 Å². The Morgan fingerprint density at radius 1 is 1.22 bits per heavy atom. The summed E-state index contributed by atoms with van der Waals surface area (Å²) in [5.74, 6) is -0.439. The number of halogens is 3. The molecule has 0 radical (unpaired) electrons. The maximum Gasteiger partial charge on any atom is 0.148 e. The Kier molecular flexibility index (Phi) is 5.85. The standard InChI is InChI=1S/C17H18Cl2FN3/c1-4-23(3)10-21-15-7-11(2)8-16(17(15)19)22-14-6-5-12(18)9-13(14)20/h5-10,22H,4H2,1-3H3. The van der Waals surface area contributed by atoms with Crippen molar-refractivity contribution in [2.24, 2.45) is 4.99 Å². The predicted molar refractivity (Wildman–Crippen MR) is 97.3 cm³/mol. The molecule has 122 valence electrons. The minimum Gasteiger partial charge on any atom is -0.366 e. The quantitative estimate of drug-likeness (QED) is 0.543. The minimum atomic E-state index is -0.439. The fourth-order valence-electron chi connectivity index (χ4n) is 1.91. The first-order valence-electron chi connectivity index (χ1n) is 7.17. The normalized spacial score (nSPS) is 11.0. The molecule has 23 heavy (non-hydrogen) atoms. The zero-order valence-corrected chi connectivity index (χ0v) is 14.7. The van der Waals surface area contributed by atoms with E-state index in [1.54, 1.807) is 18.5 Å². The second-order valence-electron chi connectivity index (χ2n) is 5.21. The van der Waals surface area contributed by atoms with Gasteiger partial charge in [0.1, 0.15) is 5.82 Å². The third kappa shape index (κ3) is 4.60. The smallest absolute Gasteiger partial charge is 0.148 e. The van der Waals surface area contributed by atoms with E-state index in [0.717, 1.165) is 12.1 Å². The average molecular weight is 354 g/mol. The number of nitrogens with one attached hydrogen (secondary N) is 1. The molecule has 0 heterocycles. The van der Waals surface area contributed by atoms with Crippen molar-refractivity contribution >= 4 is 46.6 Å². The summed E-state index contributed by atoms with van der Waals surface area (Å²) in [6.45, 7) is 4.80. The van der Waals surface area contributed by atoms with Gasteiger partial charge < -0.3 is 10.2 Å². The largest absolute Gasteiger partial charge is 0.366 e. The molecule has 3 nitrogen and oxygen atoms in total. The second-order valence-corrected chi connectivity index (χ2v) is 6.03.